The molecule has 0 atom stereocenters. The lowest BCUT2D eigenvalue weighted by Crippen LogP contribution is -1.92. The highest BCUT2D eigenvalue weighted by Crippen LogP contribution is 2.45. The Hall–Kier alpha value is -2.31. The van der Waals surface area contributed by atoms with Crippen molar-refractivity contribution in [3.63, 3.8) is 0 Å². The van der Waals surface area contributed by atoms with Crippen molar-refractivity contribution >= 4 is 38.7 Å². The van der Waals surface area contributed by atoms with Crippen LogP contribution >= 0.6 is 22.9 Å². The Morgan fingerprint density at radius 1 is 1.12 bits per heavy atom. The summed E-state index contributed by atoms with van der Waals surface area (Å²) >= 11 is 7.65. The number of aromatic nitrogens is 3. The van der Waals surface area contributed by atoms with Gasteiger partial charge in [-0.1, -0.05) is 11.6 Å². The van der Waals surface area contributed by atoms with E-state index in [4.69, 9.17) is 21.1 Å². The molecule has 3 aromatic heterocycles. The van der Waals surface area contributed by atoms with Crippen molar-refractivity contribution in [1.82, 2.24) is 14.6 Å². The van der Waals surface area contributed by atoms with Gasteiger partial charge in [-0.25, -0.2) is 9.50 Å². The summed E-state index contributed by atoms with van der Waals surface area (Å²) < 4.78 is 13.9. The fraction of sp³-hybridized carbons (Fsp3) is 0.176. The van der Waals surface area contributed by atoms with E-state index in [1.54, 1.807) is 42.3 Å². The number of nitrogens with zero attached hydrogens (tertiary/aromatic N) is 3. The number of aryl methyl sites for hydroxylation is 1. The molecule has 4 rings (SSSR count). The van der Waals surface area contributed by atoms with Gasteiger partial charge in [0.15, 0.2) is 17.1 Å². The Kier molecular flexibility index (Phi) is 3.58. The maximum absolute atomic E-state index is 6.03. The summed E-state index contributed by atoms with van der Waals surface area (Å²) in [4.78, 5) is 5.43. The SMILES string of the molecule is COc1c(C)cc2cc(-c3cnc4ccc(Cl)nn34)sc2c1OC. The number of rotatable bonds is 3. The van der Waals surface area contributed by atoms with Crippen LogP contribution in [0.1, 0.15) is 5.56 Å². The first-order chi connectivity index (χ1) is 11.6. The highest BCUT2D eigenvalue weighted by molar-refractivity contribution is 7.22. The highest BCUT2D eigenvalue weighted by Gasteiger charge is 2.18. The number of fused-ring (bicyclic) bond motifs is 2. The molecule has 4 aromatic rings. The fourth-order valence-corrected chi connectivity index (χ4v) is 4.15. The standard InChI is InChI=1S/C17H14ClN3O2S/c1-9-6-10-7-12(24-17(10)16(23-3)15(9)22-2)11-8-19-14-5-4-13(18)20-21(11)14/h4-8H,1-3H3. The van der Waals surface area contributed by atoms with Gasteiger partial charge in [0.25, 0.3) is 0 Å². The molecule has 0 fully saturated rings. The van der Waals surface area contributed by atoms with Gasteiger partial charge in [0.2, 0.25) is 0 Å². The second-order valence-corrected chi connectivity index (χ2v) is 6.80. The van der Waals surface area contributed by atoms with Crippen LogP contribution < -0.4 is 9.47 Å². The second-order valence-electron chi connectivity index (χ2n) is 5.36. The molecule has 5 nitrogen and oxygen atoms in total. The minimum absolute atomic E-state index is 0.429. The molecule has 24 heavy (non-hydrogen) atoms. The molecule has 7 heteroatoms. The summed E-state index contributed by atoms with van der Waals surface area (Å²) in [6.07, 6.45) is 1.81. The first kappa shape index (κ1) is 15.2. The monoisotopic (exact) mass is 359 g/mol. The predicted molar refractivity (Wildman–Crippen MR) is 96.7 cm³/mol. The summed E-state index contributed by atoms with van der Waals surface area (Å²) in [6.45, 7) is 2.01. The Balaban J connectivity index is 1.99. The normalized spacial score (nSPS) is 11.3. The molecule has 0 unspecified atom stereocenters. The Bertz CT molecular complexity index is 1070. The van der Waals surface area contributed by atoms with Gasteiger partial charge in [-0.15, -0.1) is 11.3 Å². The zero-order valence-corrected chi connectivity index (χ0v) is 14.9. The molecule has 0 amide bonds. The molecule has 0 aliphatic heterocycles. The van der Waals surface area contributed by atoms with Crippen LogP contribution in [-0.4, -0.2) is 28.8 Å². The maximum Gasteiger partial charge on any atom is 0.178 e. The van der Waals surface area contributed by atoms with Crippen LogP contribution in [0, 0.1) is 6.92 Å². The molecule has 1 aromatic carbocycles. The number of methoxy groups -OCH3 is 2. The summed E-state index contributed by atoms with van der Waals surface area (Å²) in [5.41, 5.74) is 2.69. The topological polar surface area (TPSA) is 48.7 Å². The maximum atomic E-state index is 6.03. The van der Waals surface area contributed by atoms with E-state index < -0.39 is 0 Å². The number of ether oxygens (including phenoxy) is 2. The van der Waals surface area contributed by atoms with E-state index in [-0.39, 0.29) is 0 Å². The Morgan fingerprint density at radius 2 is 1.92 bits per heavy atom. The molecule has 122 valence electrons. The summed E-state index contributed by atoms with van der Waals surface area (Å²) in [6, 6.07) is 7.79. The summed E-state index contributed by atoms with van der Waals surface area (Å²) in [7, 11) is 3.31. The van der Waals surface area contributed by atoms with Crippen molar-refractivity contribution in [3.05, 3.63) is 41.2 Å². The van der Waals surface area contributed by atoms with Gasteiger partial charge in [0.05, 0.1) is 30.0 Å². The first-order valence-corrected chi connectivity index (χ1v) is 8.47. The van der Waals surface area contributed by atoms with Gasteiger partial charge in [-0.05, 0) is 42.1 Å². The van der Waals surface area contributed by atoms with E-state index in [2.05, 4.69) is 22.2 Å². The minimum Gasteiger partial charge on any atom is -0.493 e. The largest absolute Gasteiger partial charge is 0.493 e. The number of hydrogen-bond donors (Lipinski definition) is 0. The molecule has 0 radical (unpaired) electrons. The lowest BCUT2D eigenvalue weighted by atomic mass is 10.1. The van der Waals surface area contributed by atoms with E-state index in [1.165, 1.54) is 0 Å². The molecule has 0 saturated heterocycles. The van der Waals surface area contributed by atoms with Crippen LogP contribution in [0.2, 0.25) is 5.15 Å². The second kappa shape index (κ2) is 5.65. The third kappa shape index (κ3) is 2.22. The van der Waals surface area contributed by atoms with Crippen molar-refractivity contribution in [2.24, 2.45) is 0 Å². The number of halogens is 1. The van der Waals surface area contributed by atoms with Gasteiger partial charge in [-0.2, -0.15) is 5.10 Å². The molecular formula is C17H14ClN3O2S. The van der Waals surface area contributed by atoms with Crippen LogP contribution in [0.5, 0.6) is 11.5 Å². The lowest BCUT2D eigenvalue weighted by Gasteiger charge is -2.11. The highest BCUT2D eigenvalue weighted by atomic mass is 35.5. The summed E-state index contributed by atoms with van der Waals surface area (Å²) in [5.74, 6) is 1.52. The smallest absolute Gasteiger partial charge is 0.178 e. The van der Waals surface area contributed by atoms with Gasteiger partial charge in [0, 0.05) is 0 Å². The average molecular weight is 360 g/mol. The molecule has 0 N–H and O–H groups in total. The number of thiophene rings is 1. The van der Waals surface area contributed by atoms with Crippen molar-refractivity contribution < 1.29 is 9.47 Å². The van der Waals surface area contributed by atoms with Crippen molar-refractivity contribution in [2.75, 3.05) is 14.2 Å². The van der Waals surface area contributed by atoms with Crippen LogP contribution in [0.25, 0.3) is 26.3 Å². The van der Waals surface area contributed by atoms with Gasteiger partial charge < -0.3 is 9.47 Å². The fourth-order valence-electron chi connectivity index (χ4n) is 2.86. The molecule has 0 aliphatic rings. The van der Waals surface area contributed by atoms with Crippen LogP contribution in [0.3, 0.4) is 0 Å². The third-order valence-corrected chi connectivity index (χ3v) is 5.27. The molecule has 0 spiro atoms. The van der Waals surface area contributed by atoms with Gasteiger partial charge in [0.1, 0.15) is 10.8 Å². The average Bonchev–Trinajstić information content (AvgIpc) is 3.16. The Labute approximate surface area is 147 Å². The molecule has 0 bridgehead atoms. The van der Waals surface area contributed by atoms with Crippen LogP contribution in [0.15, 0.2) is 30.5 Å². The van der Waals surface area contributed by atoms with Crippen LogP contribution in [-0.2, 0) is 0 Å². The quantitative estimate of drug-likeness (QED) is 0.536. The molecule has 3 heterocycles. The lowest BCUT2D eigenvalue weighted by molar-refractivity contribution is 0.357. The van der Waals surface area contributed by atoms with Crippen molar-refractivity contribution in [2.45, 2.75) is 6.92 Å². The third-order valence-electron chi connectivity index (χ3n) is 3.89. The predicted octanol–water partition coefficient (Wildman–Crippen LogP) is 4.59. The molecular weight excluding hydrogens is 346 g/mol. The van der Waals surface area contributed by atoms with E-state index in [9.17, 15) is 0 Å². The zero-order chi connectivity index (χ0) is 16.8. The van der Waals surface area contributed by atoms with E-state index in [0.717, 1.165) is 43.4 Å². The number of benzene rings is 1. The van der Waals surface area contributed by atoms with Gasteiger partial charge >= 0.3 is 0 Å². The number of imidazole rings is 1. The zero-order valence-electron chi connectivity index (χ0n) is 13.3. The molecule has 0 aliphatic carbocycles. The first-order valence-electron chi connectivity index (χ1n) is 7.28. The van der Waals surface area contributed by atoms with Crippen molar-refractivity contribution in [3.8, 4) is 22.1 Å². The van der Waals surface area contributed by atoms with Crippen LogP contribution in [0.4, 0.5) is 0 Å². The van der Waals surface area contributed by atoms with E-state index >= 15 is 0 Å². The Morgan fingerprint density at radius 3 is 2.67 bits per heavy atom. The molecule has 0 saturated carbocycles. The van der Waals surface area contributed by atoms with E-state index in [1.807, 2.05) is 13.0 Å². The summed E-state index contributed by atoms with van der Waals surface area (Å²) in [5, 5.41) is 5.87. The van der Waals surface area contributed by atoms with E-state index in [0.29, 0.717) is 5.15 Å². The van der Waals surface area contributed by atoms with Crippen molar-refractivity contribution in [1.29, 1.82) is 0 Å². The number of hydrogen-bond acceptors (Lipinski definition) is 5. The van der Waals surface area contributed by atoms with Gasteiger partial charge in [-0.3, -0.25) is 0 Å². The minimum atomic E-state index is 0.429.